The molecule has 1 heterocycles. The Morgan fingerprint density at radius 1 is 1.22 bits per heavy atom. The van der Waals surface area contributed by atoms with Gasteiger partial charge in [-0.15, -0.1) is 0 Å². The molecule has 3 N–H and O–H groups in total. The molecule has 0 radical (unpaired) electrons. The van der Waals surface area contributed by atoms with Crippen LogP contribution in [0.1, 0.15) is 32.4 Å². The lowest BCUT2D eigenvalue weighted by Crippen LogP contribution is -2.45. The molecule has 0 amide bonds. The van der Waals surface area contributed by atoms with Crippen LogP contribution in [0, 0.1) is 0 Å². The van der Waals surface area contributed by atoms with Gasteiger partial charge in [0.25, 0.3) is 0 Å². The maximum atomic E-state index is 12.5. The van der Waals surface area contributed by atoms with Crippen molar-refractivity contribution >= 4 is 5.82 Å². The molecule has 0 saturated carbocycles. The van der Waals surface area contributed by atoms with Crippen molar-refractivity contribution in [2.45, 2.75) is 38.4 Å². The molecule has 1 aromatic heterocycles. The summed E-state index contributed by atoms with van der Waals surface area (Å²) >= 11 is 0. The number of anilines is 1. The number of rotatable bonds is 5. The van der Waals surface area contributed by atoms with Crippen LogP contribution in [0.25, 0.3) is 0 Å². The van der Waals surface area contributed by atoms with Gasteiger partial charge in [-0.05, 0) is 25.0 Å². The Labute approximate surface area is 105 Å². The summed E-state index contributed by atoms with van der Waals surface area (Å²) in [5.74, 6) is 0.196. The second-order valence-corrected chi connectivity index (χ2v) is 4.33. The number of halogens is 3. The second-order valence-electron chi connectivity index (χ2n) is 4.33. The zero-order valence-corrected chi connectivity index (χ0v) is 10.5. The van der Waals surface area contributed by atoms with E-state index < -0.39 is 17.4 Å². The fourth-order valence-corrected chi connectivity index (χ4v) is 1.46. The van der Waals surface area contributed by atoms with Gasteiger partial charge in [0, 0.05) is 12.1 Å². The van der Waals surface area contributed by atoms with Crippen molar-refractivity contribution in [3.63, 3.8) is 0 Å². The molecule has 1 rings (SSSR count). The lowest BCUT2D eigenvalue weighted by molar-refractivity contribution is -0.141. The number of nitrogens with two attached hydrogens (primary N) is 1. The Bertz CT molecular complexity index is 386. The third kappa shape index (κ3) is 3.87. The normalized spacial score (nSPS) is 12.6. The second kappa shape index (κ2) is 5.56. The summed E-state index contributed by atoms with van der Waals surface area (Å²) < 4.78 is 37.4. The van der Waals surface area contributed by atoms with Crippen LogP contribution in [-0.2, 0) is 6.18 Å². The van der Waals surface area contributed by atoms with Crippen LogP contribution in [0.4, 0.5) is 19.0 Å². The van der Waals surface area contributed by atoms with Crippen LogP contribution >= 0.6 is 0 Å². The van der Waals surface area contributed by atoms with E-state index in [1.165, 1.54) is 12.1 Å². The van der Waals surface area contributed by atoms with Crippen LogP contribution in [-0.4, -0.2) is 17.1 Å². The highest BCUT2D eigenvalue weighted by Gasteiger charge is 2.32. The van der Waals surface area contributed by atoms with Crippen LogP contribution in [0.2, 0.25) is 0 Å². The van der Waals surface area contributed by atoms with Crippen LogP contribution in [0.3, 0.4) is 0 Å². The first-order valence-corrected chi connectivity index (χ1v) is 5.88. The monoisotopic (exact) mass is 261 g/mol. The lowest BCUT2D eigenvalue weighted by Gasteiger charge is -2.27. The van der Waals surface area contributed by atoms with Crippen molar-refractivity contribution in [2.24, 2.45) is 5.73 Å². The molecule has 0 unspecified atom stereocenters. The van der Waals surface area contributed by atoms with Crippen molar-refractivity contribution in [3.05, 3.63) is 23.9 Å². The van der Waals surface area contributed by atoms with Gasteiger partial charge in [-0.2, -0.15) is 13.2 Å². The summed E-state index contributed by atoms with van der Waals surface area (Å²) in [6.45, 7) is 4.30. The maximum absolute atomic E-state index is 12.5. The summed E-state index contributed by atoms with van der Waals surface area (Å²) in [5, 5.41) is 2.86. The average Bonchev–Trinajstić information content (AvgIpc) is 2.35. The summed E-state index contributed by atoms with van der Waals surface area (Å²) in [7, 11) is 0. The predicted octanol–water partition coefficient (Wildman–Crippen LogP) is 3.03. The molecule has 0 aromatic carbocycles. The van der Waals surface area contributed by atoms with Gasteiger partial charge in [-0.1, -0.05) is 19.9 Å². The van der Waals surface area contributed by atoms with Crippen molar-refractivity contribution in [1.82, 2.24) is 4.98 Å². The topological polar surface area (TPSA) is 50.9 Å². The number of nitrogens with zero attached hydrogens (tertiary/aromatic N) is 1. The number of nitrogens with one attached hydrogen (secondary N) is 1. The minimum absolute atomic E-state index is 0.196. The van der Waals surface area contributed by atoms with Gasteiger partial charge in [0.05, 0.1) is 0 Å². The summed E-state index contributed by atoms with van der Waals surface area (Å²) in [6, 6.07) is 3.77. The van der Waals surface area contributed by atoms with Gasteiger partial charge in [-0.25, -0.2) is 4.98 Å². The smallest absolute Gasteiger partial charge is 0.368 e. The predicted molar refractivity (Wildman–Crippen MR) is 65.2 cm³/mol. The van der Waals surface area contributed by atoms with Crippen molar-refractivity contribution < 1.29 is 13.2 Å². The molecule has 18 heavy (non-hydrogen) atoms. The number of alkyl halides is 3. The van der Waals surface area contributed by atoms with Gasteiger partial charge >= 0.3 is 6.18 Å². The molecule has 3 nitrogen and oxygen atoms in total. The standard InChI is InChI=1S/C12H18F3N3/c1-3-11(16,4-2)8-17-10-7-5-6-9(18-10)12(13,14)15/h5-7H,3-4,8,16H2,1-2H3,(H,17,18). The number of hydrogen-bond donors (Lipinski definition) is 2. The summed E-state index contributed by atoms with van der Waals surface area (Å²) in [5.41, 5.74) is 4.74. The minimum Gasteiger partial charge on any atom is -0.368 e. The summed E-state index contributed by atoms with van der Waals surface area (Å²) in [6.07, 6.45) is -2.93. The van der Waals surface area contributed by atoms with E-state index in [1.54, 1.807) is 0 Å². The fraction of sp³-hybridized carbons (Fsp3) is 0.583. The van der Waals surface area contributed by atoms with Crippen LogP contribution < -0.4 is 11.1 Å². The number of aromatic nitrogens is 1. The maximum Gasteiger partial charge on any atom is 0.433 e. The first kappa shape index (κ1) is 14.8. The van der Waals surface area contributed by atoms with E-state index in [0.29, 0.717) is 6.54 Å². The fourth-order valence-electron chi connectivity index (χ4n) is 1.46. The molecule has 102 valence electrons. The Balaban J connectivity index is 2.75. The third-order valence-electron chi connectivity index (χ3n) is 3.07. The highest BCUT2D eigenvalue weighted by atomic mass is 19.4. The minimum atomic E-state index is -4.42. The van der Waals surface area contributed by atoms with E-state index in [1.807, 2.05) is 13.8 Å². The van der Waals surface area contributed by atoms with Gasteiger partial charge in [0.1, 0.15) is 11.5 Å². The lowest BCUT2D eigenvalue weighted by atomic mass is 9.94. The van der Waals surface area contributed by atoms with E-state index in [0.717, 1.165) is 18.9 Å². The van der Waals surface area contributed by atoms with E-state index in [9.17, 15) is 13.2 Å². The Morgan fingerprint density at radius 3 is 2.33 bits per heavy atom. The molecule has 0 fully saturated rings. The van der Waals surface area contributed by atoms with Crippen molar-refractivity contribution in [3.8, 4) is 0 Å². The molecule has 0 aliphatic rings. The van der Waals surface area contributed by atoms with Gasteiger partial charge in [0.2, 0.25) is 0 Å². The SMILES string of the molecule is CCC(N)(CC)CNc1cccc(C(F)(F)F)n1. The molecule has 0 atom stereocenters. The Morgan fingerprint density at radius 2 is 1.83 bits per heavy atom. The summed E-state index contributed by atoms with van der Waals surface area (Å²) in [4.78, 5) is 3.52. The molecule has 0 saturated heterocycles. The molecule has 0 spiro atoms. The van der Waals surface area contributed by atoms with Gasteiger partial charge < -0.3 is 11.1 Å². The zero-order chi connectivity index (χ0) is 13.8. The van der Waals surface area contributed by atoms with Crippen molar-refractivity contribution in [2.75, 3.05) is 11.9 Å². The first-order chi connectivity index (χ1) is 8.30. The molecular weight excluding hydrogens is 243 g/mol. The Kier molecular flexibility index (Phi) is 4.56. The Hall–Kier alpha value is -1.30. The molecule has 6 heteroatoms. The first-order valence-electron chi connectivity index (χ1n) is 5.88. The van der Waals surface area contributed by atoms with E-state index in [2.05, 4.69) is 10.3 Å². The molecular formula is C12H18F3N3. The van der Waals surface area contributed by atoms with E-state index in [-0.39, 0.29) is 5.82 Å². The highest BCUT2D eigenvalue weighted by Crippen LogP contribution is 2.28. The van der Waals surface area contributed by atoms with Gasteiger partial charge in [-0.3, -0.25) is 0 Å². The van der Waals surface area contributed by atoms with E-state index in [4.69, 9.17) is 5.73 Å². The third-order valence-corrected chi connectivity index (χ3v) is 3.07. The van der Waals surface area contributed by atoms with Crippen molar-refractivity contribution in [1.29, 1.82) is 0 Å². The highest BCUT2D eigenvalue weighted by molar-refractivity contribution is 5.36. The molecule has 0 bridgehead atoms. The van der Waals surface area contributed by atoms with E-state index >= 15 is 0 Å². The zero-order valence-electron chi connectivity index (χ0n) is 10.5. The van der Waals surface area contributed by atoms with Crippen LogP contribution in [0.15, 0.2) is 18.2 Å². The van der Waals surface area contributed by atoms with Crippen LogP contribution in [0.5, 0.6) is 0 Å². The molecule has 1 aromatic rings. The average molecular weight is 261 g/mol. The number of hydrogen-bond acceptors (Lipinski definition) is 3. The quantitative estimate of drug-likeness (QED) is 0.856. The molecule has 0 aliphatic carbocycles. The van der Waals surface area contributed by atoms with Gasteiger partial charge in [0.15, 0.2) is 0 Å². The number of pyridine rings is 1. The largest absolute Gasteiger partial charge is 0.433 e. The molecule has 0 aliphatic heterocycles.